The van der Waals surface area contributed by atoms with E-state index in [1.165, 1.54) is 5.39 Å². The summed E-state index contributed by atoms with van der Waals surface area (Å²) in [7, 11) is 0. The van der Waals surface area contributed by atoms with Gasteiger partial charge in [-0.15, -0.1) is 0 Å². The molecule has 2 heteroatoms. The first-order chi connectivity index (χ1) is 6.90. The quantitative estimate of drug-likeness (QED) is 0.622. The van der Waals surface area contributed by atoms with E-state index >= 15 is 0 Å². The van der Waals surface area contributed by atoms with Gasteiger partial charge >= 0.3 is 0 Å². The van der Waals surface area contributed by atoms with Crippen LogP contribution in [0.4, 0.5) is 0 Å². The molecule has 68 valence electrons. The van der Waals surface area contributed by atoms with Crippen LogP contribution >= 0.6 is 0 Å². The van der Waals surface area contributed by atoms with E-state index in [1.807, 2.05) is 30.6 Å². The first-order valence-electron chi connectivity index (χ1n) is 4.63. The standard InChI is InChI=1S/C12H9NO/c14-8-10-5-7-13-6-4-9-2-1-3-11(10)12(9)13/h1-8,10H. The van der Waals surface area contributed by atoms with E-state index in [0.29, 0.717) is 0 Å². The van der Waals surface area contributed by atoms with Crippen LogP contribution in [0, 0.1) is 0 Å². The normalized spacial score (nSPS) is 18.7. The van der Waals surface area contributed by atoms with Gasteiger partial charge in [-0.2, -0.15) is 0 Å². The summed E-state index contributed by atoms with van der Waals surface area (Å²) in [5.74, 6) is -0.0823. The van der Waals surface area contributed by atoms with E-state index in [1.54, 1.807) is 0 Å². The smallest absolute Gasteiger partial charge is 0.131 e. The van der Waals surface area contributed by atoms with Crippen molar-refractivity contribution in [2.75, 3.05) is 0 Å². The molecule has 0 bridgehead atoms. The summed E-state index contributed by atoms with van der Waals surface area (Å²) >= 11 is 0. The molecule has 1 aromatic carbocycles. The Bertz CT molecular complexity index is 536. The molecule has 2 heterocycles. The summed E-state index contributed by atoms with van der Waals surface area (Å²) in [4.78, 5) is 10.9. The predicted octanol–water partition coefficient (Wildman–Crippen LogP) is 2.41. The molecular weight excluding hydrogens is 174 g/mol. The van der Waals surface area contributed by atoms with Crippen molar-refractivity contribution < 1.29 is 4.79 Å². The maximum atomic E-state index is 10.9. The lowest BCUT2D eigenvalue weighted by Gasteiger charge is -2.14. The first kappa shape index (κ1) is 7.56. The molecule has 1 aromatic heterocycles. The van der Waals surface area contributed by atoms with Gasteiger partial charge < -0.3 is 9.36 Å². The van der Waals surface area contributed by atoms with Gasteiger partial charge in [-0.05, 0) is 11.6 Å². The third kappa shape index (κ3) is 0.826. The lowest BCUT2D eigenvalue weighted by Crippen LogP contribution is -2.04. The molecule has 1 unspecified atom stereocenters. The highest BCUT2D eigenvalue weighted by molar-refractivity contribution is 5.90. The molecule has 14 heavy (non-hydrogen) atoms. The van der Waals surface area contributed by atoms with E-state index in [4.69, 9.17) is 0 Å². The zero-order valence-electron chi connectivity index (χ0n) is 7.55. The molecule has 0 aliphatic carbocycles. The van der Waals surface area contributed by atoms with E-state index in [-0.39, 0.29) is 5.92 Å². The Labute approximate surface area is 81.5 Å². The second-order valence-electron chi connectivity index (χ2n) is 3.51. The number of allylic oxidation sites excluding steroid dienone is 1. The van der Waals surface area contributed by atoms with Crippen molar-refractivity contribution in [3.63, 3.8) is 0 Å². The fourth-order valence-corrected chi connectivity index (χ4v) is 2.05. The average Bonchev–Trinajstić information content (AvgIpc) is 2.65. The van der Waals surface area contributed by atoms with Crippen molar-refractivity contribution in [2.24, 2.45) is 0 Å². The van der Waals surface area contributed by atoms with E-state index in [2.05, 4.69) is 16.7 Å². The summed E-state index contributed by atoms with van der Waals surface area (Å²) in [6.07, 6.45) is 6.89. The minimum atomic E-state index is -0.0823. The molecule has 0 N–H and O–H groups in total. The van der Waals surface area contributed by atoms with Crippen molar-refractivity contribution in [3.05, 3.63) is 42.1 Å². The number of aldehydes is 1. The van der Waals surface area contributed by atoms with E-state index in [0.717, 1.165) is 17.4 Å². The van der Waals surface area contributed by atoms with Crippen LogP contribution in [0.5, 0.6) is 0 Å². The third-order valence-electron chi connectivity index (χ3n) is 2.73. The lowest BCUT2D eigenvalue weighted by atomic mass is 9.97. The highest BCUT2D eigenvalue weighted by atomic mass is 16.1. The monoisotopic (exact) mass is 183 g/mol. The molecule has 0 radical (unpaired) electrons. The lowest BCUT2D eigenvalue weighted by molar-refractivity contribution is -0.108. The number of para-hydroxylation sites is 1. The molecule has 0 saturated heterocycles. The molecule has 0 spiro atoms. The number of benzene rings is 1. The van der Waals surface area contributed by atoms with Gasteiger partial charge in [-0.25, -0.2) is 0 Å². The van der Waals surface area contributed by atoms with Gasteiger partial charge in [-0.3, -0.25) is 0 Å². The van der Waals surface area contributed by atoms with Gasteiger partial charge in [0.1, 0.15) is 6.29 Å². The van der Waals surface area contributed by atoms with Crippen LogP contribution in [-0.2, 0) is 4.79 Å². The van der Waals surface area contributed by atoms with Gasteiger partial charge in [0.15, 0.2) is 0 Å². The number of carbonyl (C=O) groups is 1. The van der Waals surface area contributed by atoms with Crippen molar-refractivity contribution in [3.8, 4) is 0 Å². The van der Waals surface area contributed by atoms with E-state index in [9.17, 15) is 4.79 Å². The Morgan fingerprint density at radius 3 is 3.07 bits per heavy atom. The van der Waals surface area contributed by atoms with Crippen molar-refractivity contribution in [2.45, 2.75) is 5.92 Å². The number of rotatable bonds is 1. The maximum absolute atomic E-state index is 10.9. The fraction of sp³-hybridized carbons (Fsp3) is 0.0833. The summed E-state index contributed by atoms with van der Waals surface area (Å²) < 4.78 is 2.06. The van der Waals surface area contributed by atoms with Crippen LogP contribution in [0.15, 0.2) is 36.5 Å². The van der Waals surface area contributed by atoms with Crippen LogP contribution < -0.4 is 0 Å². The summed E-state index contributed by atoms with van der Waals surface area (Å²) in [5, 5.41) is 1.19. The minimum Gasteiger partial charge on any atom is -0.323 e. The molecule has 2 aromatic rings. The molecule has 0 saturated carbocycles. The molecule has 1 aliphatic rings. The number of aromatic nitrogens is 1. The molecule has 1 atom stereocenters. The Kier molecular flexibility index (Phi) is 1.39. The van der Waals surface area contributed by atoms with E-state index < -0.39 is 0 Å². The molecule has 3 rings (SSSR count). The summed E-state index contributed by atoms with van der Waals surface area (Å²) in [6, 6.07) is 8.14. The zero-order chi connectivity index (χ0) is 9.54. The second kappa shape index (κ2) is 2.58. The molecule has 2 nitrogen and oxygen atoms in total. The van der Waals surface area contributed by atoms with Crippen molar-refractivity contribution in [1.82, 2.24) is 4.57 Å². The van der Waals surface area contributed by atoms with Crippen molar-refractivity contribution >= 4 is 23.4 Å². The minimum absolute atomic E-state index is 0.0823. The molecule has 0 fully saturated rings. The number of hydrogen-bond acceptors (Lipinski definition) is 1. The highest BCUT2D eigenvalue weighted by Crippen LogP contribution is 2.30. The van der Waals surface area contributed by atoms with Crippen LogP contribution in [-0.4, -0.2) is 10.9 Å². The second-order valence-corrected chi connectivity index (χ2v) is 3.51. The summed E-state index contributed by atoms with van der Waals surface area (Å²) in [6.45, 7) is 0. The van der Waals surface area contributed by atoms with Gasteiger partial charge in [0.2, 0.25) is 0 Å². The van der Waals surface area contributed by atoms with Crippen LogP contribution in [0.3, 0.4) is 0 Å². The van der Waals surface area contributed by atoms with Crippen molar-refractivity contribution in [1.29, 1.82) is 0 Å². The Hall–Kier alpha value is -1.83. The average molecular weight is 183 g/mol. The topological polar surface area (TPSA) is 22.0 Å². The predicted molar refractivity (Wildman–Crippen MR) is 56.1 cm³/mol. The maximum Gasteiger partial charge on any atom is 0.131 e. The molecule has 1 aliphatic heterocycles. The molecule has 0 amide bonds. The number of hydrogen-bond donors (Lipinski definition) is 0. The zero-order valence-corrected chi connectivity index (χ0v) is 7.55. The highest BCUT2D eigenvalue weighted by Gasteiger charge is 2.16. The molecular formula is C12H9NO. The van der Waals surface area contributed by atoms with Gasteiger partial charge in [0.25, 0.3) is 0 Å². The Balaban J connectivity index is 2.44. The Morgan fingerprint density at radius 1 is 1.29 bits per heavy atom. The largest absolute Gasteiger partial charge is 0.323 e. The Morgan fingerprint density at radius 2 is 2.21 bits per heavy atom. The van der Waals surface area contributed by atoms with Gasteiger partial charge in [0, 0.05) is 17.8 Å². The van der Waals surface area contributed by atoms with Gasteiger partial charge in [0.05, 0.1) is 11.4 Å². The SMILES string of the molecule is O=CC1C=Cn2ccc3cccc1c32. The van der Waals surface area contributed by atoms with Crippen LogP contribution in [0.1, 0.15) is 11.5 Å². The first-order valence-corrected chi connectivity index (χ1v) is 4.63. The van der Waals surface area contributed by atoms with Crippen LogP contribution in [0.25, 0.3) is 17.1 Å². The number of nitrogens with zero attached hydrogens (tertiary/aromatic N) is 1. The van der Waals surface area contributed by atoms with Gasteiger partial charge in [-0.1, -0.05) is 24.3 Å². The summed E-state index contributed by atoms with van der Waals surface area (Å²) in [5.41, 5.74) is 2.26. The fourth-order valence-electron chi connectivity index (χ4n) is 2.05. The third-order valence-corrected chi connectivity index (χ3v) is 2.73. The van der Waals surface area contributed by atoms with Crippen LogP contribution in [0.2, 0.25) is 0 Å². The number of carbonyl (C=O) groups excluding carboxylic acids is 1.